The third-order valence-corrected chi connectivity index (χ3v) is 10.4. The minimum atomic E-state index is -1.30. The van der Waals surface area contributed by atoms with Gasteiger partial charge in [-0.2, -0.15) is 0 Å². The molecule has 0 saturated heterocycles. The Morgan fingerprint density at radius 3 is 1.29 bits per heavy atom. The Kier molecular flexibility index (Phi) is 41.6. The van der Waals surface area contributed by atoms with Gasteiger partial charge in [0.2, 0.25) is 5.91 Å². The quantitative estimate of drug-likeness (QED) is 0.0241. The summed E-state index contributed by atoms with van der Waals surface area (Å²) in [4.78, 5) is 12.5. The molecule has 0 aliphatic carbocycles. The van der Waals surface area contributed by atoms with Crippen molar-refractivity contribution in [3.05, 3.63) is 60.8 Å². The molecule has 320 valence electrons. The van der Waals surface area contributed by atoms with Crippen molar-refractivity contribution in [2.45, 2.75) is 237 Å². The van der Waals surface area contributed by atoms with E-state index < -0.39 is 36.9 Å². The van der Waals surface area contributed by atoms with E-state index in [9.17, 15) is 25.2 Å². The fraction of sp³-hybridized carbons (Fsp3) is 0.776. The van der Waals surface area contributed by atoms with Gasteiger partial charge in [-0.1, -0.05) is 184 Å². The molecule has 0 spiro atoms. The van der Waals surface area contributed by atoms with E-state index in [4.69, 9.17) is 0 Å². The van der Waals surface area contributed by atoms with Crippen LogP contribution >= 0.6 is 0 Å². The second-order valence-corrected chi connectivity index (χ2v) is 15.7. The van der Waals surface area contributed by atoms with E-state index in [1.165, 1.54) is 103 Å². The van der Waals surface area contributed by atoms with Crippen LogP contribution in [0.5, 0.6) is 0 Å². The van der Waals surface area contributed by atoms with Crippen molar-refractivity contribution in [2.24, 2.45) is 0 Å². The molecule has 0 saturated carbocycles. The molecule has 1 amide bonds. The van der Waals surface area contributed by atoms with Gasteiger partial charge in [0.05, 0.1) is 18.8 Å². The first-order valence-electron chi connectivity index (χ1n) is 23.2. The van der Waals surface area contributed by atoms with Crippen molar-refractivity contribution in [1.82, 2.24) is 5.32 Å². The van der Waals surface area contributed by atoms with E-state index in [-0.39, 0.29) is 0 Å². The highest BCUT2D eigenvalue weighted by Gasteiger charge is 2.28. The zero-order valence-corrected chi connectivity index (χ0v) is 35.9. The lowest BCUT2D eigenvalue weighted by molar-refractivity contribution is -0.132. The first-order chi connectivity index (χ1) is 27.0. The second-order valence-electron chi connectivity index (χ2n) is 15.7. The second kappa shape index (κ2) is 43.1. The molecule has 0 aromatic heterocycles. The summed E-state index contributed by atoms with van der Waals surface area (Å²) in [6.07, 6.45) is 54.0. The first-order valence-corrected chi connectivity index (χ1v) is 23.2. The van der Waals surface area contributed by atoms with E-state index in [0.29, 0.717) is 19.3 Å². The van der Waals surface area contributed by atoms with Crippen molar-refractivity contribution in [3.63, 3.8) is 0 Å². The standard InChI is InChI=1S/C49H89NO5/c1-3-5-7-9-11-13-15-17-19-20-21-22-23-24-25-26-27-28-29-31-32-34-36-38-40-42-46(52)48(54)45(44-51)50-49(55)47(53)43-41-39-37-35-33-30-18-16-14-12-10-8-6-4-2/h12,14,16,18,24-25,28-29,34,36,45-48,51-54H,3-11,13,15,17,19-23,26-27,30-33,35,37-44H2,1-2H3,(H,50,55)/b14-12-,18-16-,25-24+,29-28+,36-34+. The van der Waals surface area contributed by atoms with Gasteiger partial charge in [0.15, 0.2) is 0 Å². The molecule has 4 atom stereocenters. The van der Waals surface area contributed by atoms with Gasteiger partial charge in [-0.3, -0.25) is 4.79 Å². The number of hydrogen-bond donors (Lipinski definition) is 5. The number of amides is 1. The van der Waals surface area contributed by atoms with Crippen molar-refractivity contribution in [3.8, 4) is 0 Å². The van der Waals surface area contributed by atoms with Gasteiger partial charge in [0, 0.05) is 0 Å². The molecular weight excluding hydrogens is 683 g/mol. The highest BCUT2D eigenvalue weighted by molar-refractivity contribution is 5.80. The summed E-state index contributed by atoms with van der Waals surface area (Å²) in [7, 11) is 0. The third-order valence-electron chi connectivity index (χ3n) is 10.4. The maximum absolute atomic E-state index is 12.5. The summed E-state index contributed by atoms with van der Waals surface area (Å²) in [6, 6.07) is -1.02. The van der Waals surface area contributed by atoms with Gasteiger partial charge in [-0.25, -0.2) is 0 Å². The predicted octanol–water partition coefficient (Wildman–Crippen LogP) is 12.5. The molecule has 0 radical (unpaired) electrons. The van der Waals surface area contributed by atoms with Crippen LogP contribution in [-0.2, 0) is 4.79 Å². The number of aliphatic hydroxyl groups is 4. The van der Waals surface area contributed by atoms with Crippen LogP contribution in [0.25, 0.3) is 0 Å². The predicted molar refractivity (Wildman–Crippen MR) is 237 cm³/mol. The summed E-state index contributed by atoms with van der Waals surface area (Å²) in [5.74, 6) is -0.614. The summed E-state index contributed by atoms with van der Waals surface area (Å²) in [6.45, 7) is 3.99. The Bertz CT molecular complexity index is 957. The lowest BCUT2D eigenvalue weighted by atomic mass is 10.00. The topological polar surface area (TPSA) is 110 Å². The molecule has 5 N–H and O–H groups in total. The van der Waals surface area contributed by atoms with Gasteiger partial charge >= 0.3 is 0 Å². The first kappa shape index (κ1) is 53.0. The number of hydrogen-bond acceptors (Lipinski definition) is 5. The Hall–Kier alpha value is -1.99. The van der Waals surface area contributed by atoms with E-state index in [1.807, 2.05) is 0 Å². The largest absolute Gasteiger partial charge is 0.394 e. The van der Waals surface area contributed by atoms with Crippen molar-refractivity contribution in [2.75, 3.05) is 6.61 Å². The van der Waals surface area contributed by atoms with E-state index in [0.717, 1.165) is 77.0 Å². The van der Waals surface area contributed by atoms with Gasteiger partial charge in [0.25, 0.3) is 0 Å². The van der Waals surface area contributed by atoms with Crippen LogP contribution in [0.2, 0.25) is 0 Å². The van der Waals surface area contributed by atoms with Crippen molar-refractivity contribution < 1.29 is 25.2 Å². The molecule has 0 heterocycles. The zero-order valence-electron chi connectivity index (χ0n) is 35.9. The van der Waals surface area contributed by atoms with Gasteiger partial charge in [0.1, 0.15) is 12.2 Å². The highest BCUT2D eigenvalue weighted by atomic mass is 16.3. The summed E-state index contributed by atoms with van der Waals surface area (Å²) in [5, 5.41) is 43.6. The average Bonchev–Trinajstić information content (AvgIpc) is 3.19. The smallest absolute Gasteiger partial charge is 0.249 e. The van der Waals surface area contributed by atoms with Crippen LogP contribution in [0, 0.1) is 0 Å². The molecule has 0 aromatic carbocycles. The minimum absolute atomic E-state index is 0.338. The molecule has 0 bridgehead atoms. The van der Waals surface area contributed by atoms with Crippen LogP contribution in [-0.4, -0.2) is 57.3 Å². The Balaban J connectivity index is 3.82. The molecule has 0 aliphatic rings. The van der Waals surface area contributed by atoms with Crippen molar-refractivity contribution >= 4 is 5.91 Å². The Morgan fingerprint density at radius 1 is 0.455 bits per heavy atom. The molecule has 55 heavy (non-hydrogen) atoms. The molecule has 6 nitrogen and oxygen atoms in total. The van der Waals surface area contributed by atoms with Crippen LogP contribution in [0.3, 0.4) is 0 Å². The SMILES string of the molecule is CCCCC/C=C\C=C/CCCCCCCC(O)C(=O)NC(CO)C(O)C(O)CCC/C=C/CC/C=C/CC/C=C/CCCCCCCCCCCCCC. The number of aliphatic hydroxyl groups excluding tert-OH is 4. The van der Waals surface area contributed by atoms with E-state index in [2.05, 4.69) is 79.9 Å². The van der Waals surface area contributed by atoms with Crippen LogP contribution in [0.1, 0.15) is 213 Å². The summed E-state index contributed by atoms with van der Waals surface area (Å²) in [5.41, 5.74) is 0. The third kappa shape index (κ3) is 37.4. The normalized spacial score (nSPS) is 14.7. The summed E-state index contributed by atoms with van der Waals surface area (Å²) >= 11 is 0. The fourth-order valence-electron chi connectivity index (χ4n) is 6.72. The number of unbranched alkanes of at least 4 members (excludes halogenated alkanes) is 23. The molecule has 0 fully saturated rings. The number of rotatable bonds is 41. The molecule has 0 aliphatic heterocycles. The van der Waals surface area contributed by atoms with Crippen LogP contribution in [0.4, 0.5) is 0 Å². The summed E-state index contributed by atoms with van der Waals surface area (Å²) < 4.78 is 0. The molecule has 0 rings (SSSR count). The maximum atomic E-state index is 12.5. The number of nitrogens with one attached hydrogen (secondary N) is 1. The number of carbonyl (C=O) groups is 1. The Labute approximate surface area is 340 Å². The van der Waals surface area contributed by atoms with Gasteiger partial charge in [-0.15, -0.1) is 0 Å². The molecule has 6 heteroatoms. The monoisotopic (exact) mass is 772 g/mol. The minimum Gasteiger partial charge on any atom is -0.394 e. The fourth-order valence-corrected chi connectivity index (χ4v) is 6.72. The molecular formula is C49H89NO5. The lowest BCUT2D eigenvalue weighted by Crippen LogP contribution is -2.53. The lowest BCUT2D eigenvalue weighted by Gasteiger charge is -2.27. The molecule has 0 aromatic rings. The van der Waals surface area contributed by atoms with Crippen molar-refractivity contribution in [1.29, 1.82) is 0 Å². The number of allylic oxidation sites excluding steroid dienone is 10. The zero-order chi connectivity index (χ0) is 40.3. The molecule has 4 unspecified atom stereocenters. The van der Waals surface area contributed by atoms with E-state index in [1.54, 1.807) is 0 Å². The van der Waals surface area contributed by atoms with Gasteiger partial charge < -0.3 is 25.7 Å². The Morgan fingerprint density at radius 2 is 0.818 bits per heavy atom. The maximum Gasteiger partial charge on any atom is 0.249 e. The van der Waals surface area contributed by atoms with Gasteiger partial charge in [-0.05, 0) is 89.9 Å². The highest BCUT2D eigenvalue weighted by Crippen LogP contribution is 2.14. The van der Waals surface area contributed by atoms with Crippen LogP contribution < -0.4 is 5.32 Å². The van der Waals surface area contributed by atoms with Crippen LogP contribution in [0.15, 0.2) is 60.8 Å². The number of carbonyl (C=O) groups excluding carboxylic acids is 1. The average molecular weight is 772 g/mol. The van der Waals surface area contributed by atoms with E-state index >= 15 is 0 Å².